The maximum atomic E-state index is 12.2. The third kappa shape index (κ3) is 11.4. The van der Waals surface area contributed by atoms with E-state index in [9.17, 15) is 19.2 Å². The molecule has 0 saturated carbocycles. The van der Waals surface area contributed by atoms with E-state index in [0.717, 1.165) is 32.1 Å². The number of primary amides is 1. The van der Waals surface area contributed by atoms with E-state index in [1.54, 1.807) is 6.92 Å². The van der Waals surface area contributed by atoms with Crippen molar-refractivity contribution in [3.05, 3.63) is 0 Å². The van der Waals surface area contributed by atoms with Crippen LogP contribution < -0.4 is 16.4 Å². The van der Waals surface area contributed by atoms with Gasteiger partial charge in [-0.3, -0.25) is 19.2 Å². The maximum Gasteiger partial charge on any atom is 0.308 e. The van der Waals surface area contributed by atoms with Gasteiger partial charge in [0.2, 0.25) is 17.7 Å². The summed E-state index contributed by atoms with van der Waals surface area (Å²) in [6.45, 7) is 4.04. The summed E-state index contributed by atoms with van der Waals surface area (Å²) in [7, 11) is 1.30. The summed E-state index contributed by atoms with van der Waals surface area (Å²) in [4.78, 5) is 46.7. The van der Waals surface area contributed by atoms with Crippen LogP contribution in [0, 0.1) is 5.92 Å². The second-order valence-corrected chi connectivity index (χ2v) is 6.46. The minimum absolute atomic E-state index is 0.233. The number of hydrogen-bond acceptors (Lipinski definition) is 5. The van der Waals surface area contributed by atoms with Crippen molar-refractivity contribution >= 4 is 23.7 Å². The molecular formula is C18H33N3O5. The van der Waals surface area contributed by atoms with E-state index < -0.39 is 17.9 Å². The molecule has 0 aromatic rings. The van der Waals surface area contributed by atoms with Gasteiger partial charge in [-0.1, -0.05) is 39.5 Å². The molecule has 0 aliphatic carbocycles. The van der Waals surface area contributed by atoms with Crippen LogP contribution >= 0.6 is 0 Å². The molecule has 0 fully saturated rings. The van der Waals surface area contributed by atoms with E-state index in [-0.39, 0.29) is 30.8 Å². The van der Waals surface area contributed by atoms with Crippen molar-refractivity contribution in [2.75, 3.05) is 13.7 Å². The first-order chi connectivity index (χ1) is 12.3. The number of unbranched alkanes of at least 4 members (excludes halogenated alkanes) is 4. The van der Waals surface area contributed by atoms with Gasteiger partial charge in [-0.15, -0.1) is 0 Å². The fourth-order valence-electron chi connectivity index (χ4n) is 2.42. The number of nitrogens with one attached hydrogen (secondary N) is 2. The van der Waals surface area contributed by atoms with Gasteiger partial charge in [0.05, 0.1) is 19.4 Å². The smallest absolute Gasteiger partial charge is 0.308 e. The molecule has 0 aliphatic rings. The normalized spacial score (nSPS) is 12.7. The molecular weight excluding hydrogens is 338 g/mol. The van der Waals surface area contributed by atoms with Gasteiger partial charge in [-0.05, 0) is 12.8 Å². The number of carbonyl (C=O) groups is 4. The summed E-state index contributed by atoms with van der Waals surface area (Å²) in [5.74, 6) is -2.14. The molecule has 0 saturated heterocycles. The van der Waals surface area contributed by atoms with Crippen LogP contribution in [0.3, 0.4) is 0 Å². The number of amides is 3. The lowest BCUT2D eigenvalue weighted by Crippen LogP contribution is -2.49. The van der Waals surface area contributed by atoms with Crippen LogP contribution in [0.1, 0.15) is 65.2 Å². The largest absolute Gasteiger partial charge is 0.469 e. The summed E-state index contributed by atoms with van der Waals surface area (Å²) < 4.78 is 4.61. The van der Waals surface area contributed by atoms with E-state index in [0.29, 0.717) is 12.8 Å². The first-order valence-corrected chi connectivity index (χ1v) is 9.25. The average molecular weight is 371 g/mol. The topological polar surface area (TPSA) is 128 Å². The zero-order valence-electron chi connectivity index (χ0n) is 16.1. The van der Waals surface area contributed by atoms with Crippen molar-refractivity contribution in [2.24, 2.45) is 11.7 Å². The fourth-order valence-corrected chi connectivity index (χ4v) is 2.42. The molecule has 0 aromatic heterocycles. The molecule has 26 heavy (non-hydrogen) atoms. The number of rotatable bonds is 14. The predicted octanol–water partition coefficient (Wildman–Crippen LogP) is 1.02. The van der Waals surface area contributed by atoms with Crippen LogP contribution in [0.2, 0.25) is 0 Å². The Kier molecular flexibility index (Phi) is 12.9. The Morgan fingerprint density at radius 1 is 1.08 bits per heavy atom. The summed E-state index contributed by atoms with van der Waals surface area (Å²) in [6, 6.07) is -0.996. The molecule has 4 N–H and O–H groups in total. The van der Waals surface area contributed by atoms with Gasteiger partial charge >= 0.3 is 5.97 Å². The Morgan fingerprint density at radius 2 is 1.73 bits per heavy atom. The lowest BCUT2D eigenvalue weighted by Gasteiger charge is -2.18. The second-order valence-electron chi connectivity index (χ2n) is 6.46. The maximum absolute atomic E-state index is 12.2. The number of esters is 1. The fraction of sp³-hybridized carbons (Fsp3) is 0.778. The molecule has 0 aliphatic heterocycles. The summed E-state index contributed by atoms with van der Waals surface area (Å²) in [5.41, 5.74) is 5.17. The Labute approximate surface area is 155 Å². The first kappa shape index (κ1) is 23.9. The van der Waals surface area contributed by atoms with Crippen LogP contribution in [0.25, 0.3) is 0 Å². The minimum atomic E-state index is -0.996. The lowest BCUT2D eigenvalue weighted by atomic mass is 10.1. The molecule has 3 amide bonds. The van der Waals surface area contributed by atoms with Gasteiger partial charge in [0, 0.05) is 13.0 Å². The molecule has 0 spiro atoms. The quantitative estimate of drug-likeness (QED) is 0.310. The van der Waals surface area contributed by atoms with Gasteiger partial charge < -0.3 is 21.1 Å². The highest BCUT2D eigenvalue weighted by atomic mass is 16.5. The highest BCUT2D eigenvalue weighted by Crippen LogP contribution is 2.06. The number of nitrogens with two attached hydrogens (primary N) is 1. The van der Waals surface area contributed by atoms with Crippen LogP contribution in [0.5, 0.6) is 0 Å². The Hall–Kier alpha value is -2.12. The number of hydrogen-bond donors (Lipinski definition) is 3. The third-order valence-electron chi connectivity index (χ3n) is 4.04. The van der Waals surface area contributed by atoms with E-state index in [2.05, 4.69) is 22.3 Å². The molecule has 2 atom stereocenters. The molecule has 0 rings (SSSR count). The second kappa shape index (κ2) is 14.1. The number of methoxy groups -OCH3 is 1. The van der Waals surface area contributed by atoms with E-state index in [4.69, 9.17) is 5.73 Å². The summed E-state index contributed by atoms with van der Waals surface area (Å²) in [6.07, 6.45) is 5.48. The summed E-state index contributed by atoms with van der Waals surface area (Å²) >= 11 is 0. The van der Waals surface area contributed by atoms with Crippen LogP contribution in [0.15, 0.2) is 0 Å². The monoisotopic (exact) mass is 371 g/mol. The Bertz CT molecular complexity index is 468. The average Bonchev–Trinajstić information content (AvgIpc) is 2.59. The van der Waals surface area contributed by atoms with Crippen molar-refractivity contribution < 1.29 is 23.9 Å². The minimum Gasteiger partial charge on any atom is -0.469 e. The van der Waals surface area contributed by atoms with E-state index in [1.807, 2.05) is 0 Å². The highest BCUT2D eigenvalue weighted by molar-refractivity contribution is 5.91. The molecule has 0 unspecified atom stereocenters. The molecule has 150 valence electrons. The van der Waals surface area contributed by atoms with Gasteiger partial charge in [-0.2, -0.15) is 0 Å². The van der Waals surface area contributed by atoms with Gasteiger partial charge in [0.1, 0.15) is 6.04 Å². The van der Waals surface area contributed by atoms with E-state index >= 15 is 0 Å². The zero-order chi connectivity index (χ0) is 19.9. The zero-order valence-corrected chi connectivity index (χ0v) is 16.1. The molecule has 0 bridgehead atoms. The molecule has 8 heteroatoms. The lowest BCUT2D eigenvalue weighted by molar-refractivity contribution is -0.145. The van der Waals surface area contributed by atoms with Crippen molar-refractivity contribution in [1.82, 2.24) is 10.6 Å². The van der Waals surface area contributed by atoms with Crippen molar-refractivity contribution in [2.45, 2.75) is 71.3 Å². The molecule has 0 radical (unpaired) electrons. The first-order valence-electron chi connectivity index (χ1n) is 9.25. The van der Waals surface area contributed by atoms with Crippen LogP contribution in [-0.4, -0.2) is 43.4 Å². The summed E-state index contributed by atoms with van der Waals surface area (Å²) in [5, 5.41) is 5.19. The van der Waals surface area contributed by atoms with Crippen molar-refractivity contribution in [3.63, 3.8) is 0 Å². The Balaban J connectivity index is 4.35. The standard InChI is InChI=1S/C18H33N3O5/c1-4-5-6-7-8-9-16(23)21-14(12-15(19)22)17(24)20-11-10-13(2)18(25)26-3/h13-14H,4-12H2,1-3H3,(H2,19,22)(H,20,24)(H,21,23)/t13-,14+/m0/s1. The highest BCUT2D eigenvalue weighted by Gasteiger charge is 2.23. The van der Waals surface area contributed by atoms with Crippen molar-refractivity contribution in [1.29, 1.82) is 0 Å². The Morgan fingerprint density at radius 3 is 2.31 bits per heavy atom. The predicted molar refractivity (Wildman–Crippen MR) is 97.9 cm³/mol. The number of ether oxygens (including phenoxy) is 1. The van der Waals surface area contributed by atoms with Gasteiger partial charge in [0.25, 0.3) is 0 Å². The van der Waals surface area contributed by atoms with Crippen LogP contribution in [0.4, 0.5) is 0 Å². The van der Waals surface area contributed by atoms with Crippen LogP contribution in [-0.2, 0) is 23.9 Å². The molecule has 8 nitrogen and oxygen atoms in total. The van der Waals surface area contributed by atoms with Crippen molar-refractivity contribution in [3.8, 4) is 0 Å². The van der Waals surface area contributed by atoms with Gasteiger partial charge in [-0.25, -0.2) is 0 Å². The van der Waals surface area contributed by atoms with E-state index in [1.165, 1.54) is 7.11 Å². The molecule has 0 aromatic carbocycles. The molecule has 0 heterocycles. The SMILES string of the molecule is CCCCCCCC(=O)N[C@H](CC(N)=O)C(=O)NCC[C@H](C)C(=O)OC. The van der Waals surface area contributed by atoms with Gasteiger partial charge in [0.15, 0.2) is 0 Å². The third-order valence-corrected chi connectivity index (χ3v) is 4.04. The number of carbonyl (C=O) groups excluding carboxylic acids is 4.